The summed E-state index contributed by atoms with van der Waals surface area (Å²) in [4.78, 5) is 14.5. The maximum atomic E-state index is 12.5. The molecule has 0 heterocycles. The predicted molar refractivity (Wildman–Crippen MR) is 95.7 cm³/mol. The van der Waals surface area contributed by atoms with Gasteiger partial charge in [-0.1, -0.05) is 45.2 Å². The Kier molecular flexibility index (Phi) is 5.62. The van der Waals surface area contributed by atoms with Crippen molar-refractivity contribution in [1.29, 1.82) is 0 Å². The molecular formula is C17H18BrClN2O. The van der Waals surface area contributed by atoms with Gasteiger partial charge in [0.15, 0.2) is 0 Å². The van der Waals surface area contributed by atoms with Gasteiger partial charge in [-0.05, 0) is 50.8 Å². The Hall–Kier alpha value is -1.36. The first-order valence-electron chi connectivity index (χ1n) is 6.87. The summed E-state index contributed by atoms with van der Waals surface area (Å²) in [5.74, 6) is -0.213. The van der Waals surface area contributed by atoms with Crippen LogP contribution in [0.3, 0.4) is 0 Å². The number of nitrogens with zero attached hydrogens (tertiary/aromatic N) is 1. The summed E-state index contributed by atoms with van der Waals surface area (Å²) in [6.07, 6.45) is 0. The number of carbonyl (C=O) groups is 1. The van der Waals surface area contributed by atoms with Crippen LogP contribution in [-0.4, -0.2) is 24.9 Å². The van der Waals surface area contributed by atoms with Crippen molar-refractivity contribution >= 4 is 39.1 Å². The van der Waals surface area contributed by atoms with Crippen LogP contribution in [0.4, 0.5) is 5.69 Å². The molecule has 2 aromatic carbocycles. The third kappa shape index (κ3) is 4.32. The van der Waals surface area contributed by atoms with Crippen molar-refractivity contribution in [3.8, 4) is 0 Å². The number of hydrogen-bond acceptors (Lipinski definition) is 2. The Morgan fingerprint density at radius 3 is 2.64 bits per heavy atom. The van der Waals surface area contributed by atoms with E-state index < -0.39 is 0 Å². The maximum absolute atomic E-state index is 12.5. The fourth-order valence-electron chi connectivity index (χ4n) is 2.18. The van der Waals surface area contributed by atoms with Gasteiger partial charge < -0.3 is 10.2 Å². The van der Waals surface area contributed by atoms with Gasteiger partial charge in [0.1, 0.15) is 0 Å². The monoisotopic (exact) mass is 380 g/mol. The van der Waals surface area contributed by atoms with Crippen LogP contribution in [0.5, 0.6) is 0 Å². The highest BCUT2D eigenvalue weighted by molar-refractivity contribution is 9.10. The molecular weight excluding hydrogens is 364 g/mol. The summed E-state index contributed by atoms with van der Waals surface area (Å²) in [5.41, 5.74) is 3.49. The quantitative estimate of drug-likeness (QED) is 0.830. The Morgan fingerprint density at radius 1 is 1.23 bits per heavy atom. The van der Waals surface area contributed by atoms with Crippen molar-refractivity contribution in [3.63, 3.8) is 0 Å². The van der Waals surface area contributed by atoms with Gasteiger partial charge in [0.2, 0.25) is 0 Å². The zero-order chi connectivity index (χ0) is 16.3. The van der Waals surface area contributed by atoms with E-state index in [1.54, 1.807) is 12.1 Å². The van der Waals surface area contributed by atoms with E-state index in [2.05, 4.69) is 32.2 Å². The second-order valence-electron chi connectivity index (χ2n) is 5.48. The van der Waals surface area contributed by atoms with E-state index in [1.165, 1.54) is 0 Å². The van der Waals surface area contributed by atoms with Crippen LogP contribution in [0.2, 0.25) is 5.02 Å². The van der Waals surface area contributed by atoms with Gasteiger partial charge in [-0.3, -0.25) is 4.79 Å². The van der Waals surface area contributed by atoms with Crippen molar-refractivity contribution in [2.45, 2.75) is 13.5 Å². The van der Waals surface area contributed by atoms with Crippen LogP contribution in [0.1, 0.15) is 21.5 Å². The van der Waals surface area contributed by atoms with Crippen molar-refractivity contribution in [3.05, 3.63) is 62.6 Å². The molecule has 0 fully saturated rings. The van der Waals surface area contributed by atoms with Gasteiger partial charge in [0.05, 0.1) is 10.6 Å². The van der Waals surface area contributed by atoms with E-state index >= 15 is 0 Å². The van der Waals surface area contributed by atoms with Crippen LogP contribution in [0.15, 0.2) is 40.9 Å². The summed E-state index contributed by atoms with van der Waals surface area (Å²) in [5, 5.41) is 3.39. The van der Waals surface area contributed by atoms with E-state index in [-0.39, 0.29) is 5.91 Å². The topological polar surface area (TPSA) is 32.3 Å². The van der Waals surface area contributed by atoms with Crippen molar-refractivity contribution < 1.29 is 4.79 Å². The molecule has 0 bridgehead atoms. The summed E-state index contributed by atoms with van der Waals surface area (Å²) >= 11 is 9.48. The van der Waals surface area contributed by atoms with Crippen LogP contribution >= 0.6 is 27.5 Å². The second kappa shape index (κ2) is 7.27. The number of rotatable bonds is 4. The number of benzene rings is 2. The SMILES string of the molecule is Cc1ccc(NC(=O)c2cc(Br)ccc2Cl)c(CN(C)C)c1. The number of hydrogen-bond donors (Lipinski definition) is 1. The van der Waals surface area contributed by atoms with Crippen LogP contribution < -0.4 is 5.32 Å². The molecule has 3 nitrogen and oxygen atoms in total. The maximum Gasteiger partial charge on any atom is 0.257 e. The first-order chi connectivity index (χ1) is 10.4. The highest BCUT2D eigenvalue weighted by Crippen LogP contribution is 2.24. The molecule has 1 N–H and O–H groups in total. The summed E-state index contributed by atoms with van der Waals surface area (Å²) in [7, 11) is 4.00. The van der Waals surface area contributed by atoms with Crippen molar-refractivity contribution in [1.82, 2.24) is 4.90 Å². The first-order valence-corrected chi connectivity index (χ1v) is 8.04. The molecule has 0 spiro atoms. The molecule has 0 aliphatic heterocycles. The summed E-state index contributed by atoms with van der Waals surface area (Å²) < 4.78 is 0.819. The van der Waals surface area contributed by atoms with Gasteiger partial charge in [-0.2, -0.15) is 0 Å². The second-order valence-corrected chi connectivity index (χ2v) is 6.80. The smallest absolute Gasteiger partial charge is 0.257 e. The third-order valence-electron chi connectivity index (χ3n) is 3.17. The molecule has 0 aliphatic carbocycles. The van der Waals surface area contributed by atoms with E-state index in [4.69, 9.17) is 11.6 Å². The highest BCUT2D eigenvalue weighted by atomic mass is 79.9. The van der Waals surface area contributed by atoms with E-state index in [1.807, 2.05) is 39.2 Å². The molecule has 0 unspecified atom stereocenters. The molecule has 0 aromatic heterocycles. The normalized spacial score (nSPS) is 10.8. The van der Waals surface area contributed by atoms with E-state index in [9.17, 15) is 4.79 Å². The highest BCUT2D eigenvalue weighted by Gasteiger charge is 2.13. The molecule has 116 valence electrons. The lowest BCUT2D eigenvalue weighted by atomic mass is 10.1. The minimum atomic E-state index is -0.213. The average molecular weight is 382 g/mol. The Labute approximate surface area is 144 Å². The van der Waals surface area contributed by atoms with Crippen molar-refractivity contribution in [2.24, 2.45) is 0 Å². The van der Waals surface area contributed by atoms with Gasteiger partial charge >= 0.3 is 0 Å². The van der Waals surface area contributed by atoms with Crippen LogP contribution in [0, 0.1) is 6.92 Å². The van der Waals surface area contributed by atoms with E-state index in [0.717, 1.165) is 27.8 Å². The first kappa shape index (κ1) is 17.0. The summed E-state index contributed by atoms with van der Waals surface area (Å²) in [6, 6.07) is 11.2. The minimum Gasteiger partial charge on any atom is -0.322 e. The lowest BCUT2D eigenvalue weighted by Crippen LogP contribution is -2.17. The lowest BCUT2D eigenvalue weighted by molar-refractivity contribution is 0.102. The Balaban J connectivity index is 2.30. The lowest BCUT2D eigenvalue weighted by Gasteiger charge is -2.16. The third-order valence-corrected chi connectivity index (χ3v) is 3.99. The van der Waals surface area contributed by atoms with Crippen LogP contribution in [-0.2, 0) is 6.54 Å². The standard InChI is InChI=1S/C17H18BrClN2O/c1-11-4-7-16(12(8-11)10-21(2)3)20-17(22)14-9-13(18)5-6-15(14)19/h4-9H,10H2,1-3H3,(H,20,22). The number of halogens is 2. The molecule has 0 saturated carbocycles. The van der Waals surface area contributed by atoms with Crippen LogP contribution in [0.25, 0.3) is 0 Å². The zero-order valence-corrected chi connectivity index (χ0v) is 15.1. The fourth-order valence-corrected chi connectivity index (χ4v) is 2.74. The predicted octanol–water partition coefficient (Wildman–Crippen LogP) is 4.72. The minimum absolute atomic E-state index is 0.213. The molecule has 2 aromatic rings. The number of amides is 1. The molecule has 0 aliphatic rings. The van der Waals surface area contributed by atoms with Crippen molar-refractivity contribution in [2.75, 3.05) is 19.4 Å². The molecule has 1 amide bonds. The Morgan fingerprint density at radius 2 is 1.95 bits per heavy atom. The van der Waals surface area contributed by atoms with E-state index in [0.29, 0.717) is 10.6 Å². The number of anilines is 1. The van der Waals surface area contributed by atoms with Gasteiger partial charge in [-0.15, -0.1) is 0 Å². The molecule has 2 rings (SSSR count). The molecule has 0 radical (unpaired) electrons. The van der Waals surface area contributed by atoms with Gasteiger partial charge in [-0.25, -0.2) is 0 Å². The fraction of sp³-hybridized carbons (Fsp3) is 0.235. The molecule has 22 heavy (non-hydrogen) atoms. The average Bonchev–Trinajstić information content (AvgIpc) is 2.43. The van der Waals surface area contributed by atoms with Gasteiger partial charge in [0, 0.05) is 16.7 Å². The molecule has 5 heteroatoms. The number of nitrogens with one attached hydrogen (secondary N) is 1. The Bertz CT molecular complexity index is 701. The largest absolute Gasteiger partial charge is 0.322 e. The van der Waals surface area contributed by atoms with Gasteiger partial charge in [0.25, 0.3) is 5.91 Å². The zero-order valence-electron chi connectivity index (χ0n) is 12.8. The summed E-state index contributed by atoms with van der Waals surface area (Å²) in [6.45, 7) is 2.79. The molecule has 0 saturated heterocycles. The molecule has 0 atom stereocenters. The number of aryl methyl sites for hydroxylation is 1. The number of carbonyl (C=O) groups excluding carboxylic acids is 1.